The third-order valence-corrected chi connectivity index (χ3v) is 3.23. The van der Waals surface area contributed by atoms with Crippen molar-refractivity contribution >= 4 is 5.78 Å². The van der Waals surface area contributed by atoms with Crippen molar-refractivity contribution in [3.63, 3.8) is 0 Å². The summed E-state index contributed by atoms with van der Waals surface area (Å²) in [7, 11) is 0. The van der Waals surface area contributed by atoms with Crippen molar-refractivity contribution in [1.82, 2.24) is 9.78 Å². The number of unbranched alkanes of at least 4 members (excludes halogenated alkanes) is 1. The number of hydrogen-bond donors (Lipinski definition) is 0. The second kappa shape index (κ2) is 7.62. The molecule has 0 N–H and O–H groups in total. The van der Waals surface area contributed by atoms with Gasteiger partial charge in [-0.2, -0.15) is 5.10 Å². The highest BCUT2D eigenvalue weighted by atomic mass is 16.5. The zero-order valence-electron chi connectivity index (χ0n) is 12.7. The average Bonchev–Trinajstić information content (AvgIpc) is 2.97. The van der Waals surface area contributed by atoms with Crippen LogP contribution in [-0.2, 0) is 6.54 Å². The van der Waals surface area contributed by atoms with Gasteiger partial charge < -0.3 is 4.74 Å². The molecular formula is C17H22N2O2. The van der Waals surface area contributed by atoms with Crippen LogP contribution in [0.25, 0.3) is 0 Å². The van der Waals surface area contributed by atoms with Crippen LogP contribution >= 0.6 is 0 Å². The lowest BCUT2D eigenvalue weighted by atomic mass is 10.1. The first-order chi connectivity index (χ1) is 10.2. The van der Waals surface area contributed by atoms with E-state index >= 15 is 0 Å². The predicted octanol–water partition coefficient (Wildman–Crippen LogP) is 3.70. The molecule has 1 aromatic heterocycles. The molecule has 0 radical (unpaired) electrons. The maximum Gasteiger partial charge on any atom is 0.196 e. The number of aryl methyl sites for hydroxylation is 1. The predicted molar refractivity (Wildman–Crippen MR) is 82.8 cm³/mol. The summed E-state index contributed by atoms with van der Waals surface area (Å²) >= 11 is 0. The maximum absolute atomic E-state index is 12.3. The number of ether oxygens (including phenoxy) is 1. The van der Waals surface area contributed by atoms with E-state index in [1.165, 1.54) is 0 Å². The van der Waals surface area contributed by atoms with E-state index in [1.54, 1.807) is 29.2 Å². The van der Waals surface area contributed by atoms with Crippen LogP contribution in [0.3, 0.4) is 0 Å². The topological polar surface area (TPSA) is 44.1 Å². The van der Waals surface area contributed by atoms with Gasteiger partial charge in [0.2, 0.25) is 0 Å². The molecule has 2 rings (SSSR count). The molecule has 0 aliphatic heterocycles. The summed E-state index contributed by atoms with van der Waals surface area (Å²) in [5.41, 5.74) is 1.29. The lowest BCUT2D eigenvalue weighted by Crippen LogP contribution is -2.01. The molecule has 112 valence electrons. The molecule has 0 unspecified atom stereocenters. The second-order valence-electron chi connectivity index (χ2n) is 5.05. The van der Waals surface area contributed by atoms with E-state index < -0.39 is 0 Å². The number of benzene rings is 1. The van der Waals surface area contributed by atoms with Gasteiger partial charge in [0, 0.05) is 18.3 Å². The highest BCUT2D eigenvalue weighted by Crippen LogP contribution is 2.15. The van der Waals surface area contributed by atoms with Crippen LogP contribution < -0.4 is 4.74 Å². The number of aromatic nitrogens is 2. The van der Waals surface area contributed by atoms with Crippen molar-refractivity contribution in [2.45, 2.75) is 39.7 Å². The third kappa shape index (κ3) is 4.18. The van der Waals surface area contributed by atoms with Gasteiger partial charge in [-0.05, 0) is 37.1 Å². The Balaban J connectivity index is 2.01. The van der Waals surface area contributed by atoms with Crippen molar-refractivity contribution in [2.75, 3.05) is 6.61 Å². The standard InChI is InChI=1S/C17H22N2O2/c1-3-5-11-21-16-8-6-14(7-9-16)17(20)15-12-18-19(13-15)10-4-2/h6-9,12-13H,3-5,10-11H2,1-2H3. The lowest BCUT2D eigenvalue weighted by molar-refractivity contribution is 0.103. The van der Waals surface area contributed by atoms with E-state index in [-0.39, 0.29) is 5.78 Å². The highest BCUT2D eigenvalue weighted by molar-refractivity contribution is 6.08. The van der Waals surface area contributed by atoms with E-state index in [2.05, 4.69) is 18.9 Å². The highest BCUT2D eigenvalue weighted by Gasteiger charge is 2.11. The summed E-state index contributed by atoms with van der Waals surface area (Å²) in [6, 6.07) is 7.31. The van der Waals surface area contributed by atoms with Crippen molar-refractivity contribution < 1.29 is 9.53 Å². The molecule has 0 amide bonds. The maximum atomic E-state index is 12.3. The van der Waals surface area contributed by atoms with Crippen molar-refractivity contribution in [3.8, 4) is 5.75 Å². The third-order valence-electron chi connectivity index (χ3n) is 3.23. The smallest absolute Gasteiger partial charge is 0.196 e. The van der Waals surface area contributed by atoms with E-state index in [0.29, 0.717) is 17.7 Å². The minimum atomic E-state index is -0.00235. The number of ketones is 1. The molecule has 0 aliphatic carbocycles. The van der Waals surface area contributed by atoms with Gasteiger partial charge >= 0.3 is 0 Å². The minimum absolute atomic E-state index is 0.00235. The van der Waals surface area contributed by atoms with Crippen LogP contribution in [0.4, 0.5) is 0 Å². The van der Waals surface area contributed by atoms with E-state index in [1.807, 2.05) is 12.1 Å². The first-order valence-electron chi connectivity index (χ1n) is 7.54. The molecule has 1 heterocycles. The lowest BCUT2D eigenvalue weighted by Gasteiger charge is -2.05. The Bertz CT molecular complexity index is 573. The first-order valence-corrected chi connectivity index (χ1v) is 7.54. The van der Waals surface area contributed by atoms with Crippen molar-refractivity contribution in [1.29, 1.82) is 0 Å². The molecule has 0 saturated heterocycles. The molecule has 0 spiro atoms. The number of carbonyl (C=O) groups excluding carboxylic acids is 1. The van der Waals surface area contributed by atoms with Crippen LogP contribution in [0.5, 0.6) is 5.75 Å². The van der Waals surface area contributed by atoms with E-state index in [9.17, 15) is 4.79 Å². The van der Waals surface area contributed by atoms with E-state index in [0.717, 1.165) is 31.6 Å². The second-order valence-corrected chi connectivity index (χ2v) is 5.05. The monoisotopic (exact) mass is 286 g/mol. The zero-order valence-corrected chi connectivity index (χ0v) is 12.7. The zero-order chi connectivity index (χ0) is 15.1. The van der Waals surface area contributed by atoms with Gasteiger partial charge in [0.1, 0.15) is 5.75 Å². The molecule has 4 heteroatoms. The molecule has 0 bridgehead atoms. The van der Waals surface area contributed by atoms with Gasteiger partial charge in [-0.3, -0.25) is 9.48 Å². The molecule has 0 aliphatic rings. The van der Waals surface area contributed by atoms with Gasteiger partial charge in [-0.15, -0.1) is 0 Å². The molecule has 1 aromatic carbocycles. The Kier molecular flexibility index (Phi) is 5.55. The summed E-state index contributed by atoms with van der Waals surface area (Å²) in [6.07, 6.45) is 6.58. The summed E-state index contributed by atoms with van der Waals surface area (Å²) < 4.78 is 7.40. The van der Waals surface area contributed by atoms with Crippen molar-refractivity contribution in [2.24, 2.45) is 0 Å². The molecule has 0 atom stereocenters. The Morgan fingerprint density at radius 2 is 1.90 bits per heavy atom. The summed E-state index contributed by atoms with van der Waals surface area (Å²) in [4.78, 5) is 12.3. The Hall–Kier alpha value is -2.10. The molecule has 4 nitrogen and oxygen atoms in total. The van der Waals surface area contributed by atoms with E-state index in [4.69, 9.17) is 4.74 Å². The van der Waals surface area contributed by atoms with Gasteiger partial charge in [-0.1, -0.05) is 20.3 Å². The van der Waals surface area contributed by atoms with Gasteiger partial charge in [0.05, 0.1) is 18.4 Å². The fourth-order valence-corrected chi connectivity index (χ4v) is 2.04. The molecular weight excluding hydrogens is 264 g/mol. The first kappa shape index (κ1) is 15.3. The van der Waals surface area contributed by atoms with Crippen molar-refractivity contribution in [3.05, 3.63) is 47.8 Å². The fourth-order valence-electron chi connectivity index (χ4n) is 2.04. The van der Waals surface area contributed by atoms with Crippen LogP contribution in [0.1, 0.15) is 49.0 Å². The molecule has 0 saturated carbocycles. The van der Waals surface area contributed by atoms with Gasteiger partial charge in [0.15, 0.2) is 5.78 Å². The van der Waals surface area contributed by atoms with Gasteiger partial charge in [-0.25, -0.2) is 0 Å². The summed E-state index contributed by atoms with van der Waals surface area (Å²) in [6.45, 7) is 5.76. The fraction of sp³-hybridized carbons (Fsp3) is 0.412. The molecule has 2 aromatic rings. The molecule has 0 fully saturated rings. The normalized spacial score (nSPS) is 10.6. The summed E-state index contributed by atoms with van der Waals surface area (Å²) in [5.74, 6) is 0.805. The van der Waals surface area contributed by atoms with Crippen LogP contribution in [0.15, 0.2) is 36.7 Å². The Labute approximate surface area is 125 Å². The number of rotatable bonds is 8. The van der Waals surface area contributed by atoms with Gasteiger partial charge in [0.25, 0.3) is 0 Å². The Morgan fingerprint density at radius 3 is 2.57 bits per heavy atom. The van der Waals surface area contributed by atoms with Crippen LogP contribution in [0.2, 0.25) is 0 Å². The number of carbonyl (C=O) groups is 1. The number of hydrogen-bond acceptors (Lipinski definition) is 3. The summed E-state index contributed by atoms with van der Waals surface area (Å²) in [5, 5.41) is 4.19. The quantitative estimate of drug-likeness (QED) is 0.549. The largest absolute Gasteiger partial charge is 0.494 e. The molecule has 21 heavy (non-hydrogen) atoms. The SMILES string of the molecule is CCCCOc1ccc(C(=O)c2cnn(CCC)c2)cc1. The average molecular weight is 286 g/mol. The van der Waals surface area contributed by atoms with Crippen LogP contribution in [0, 0.1) is 0 Å². The Morgan fingerprint density at radius 1 is 1.14 bits per heavy atom. The minimum Gasteiger partial charge on any atom is -0.494 e. The van der Waals surface area contributed by atoms with Crippen LogP contribution in [-0.4, -0.2) is 22.2 Å². The number of nitrogens with zero attached hydrogens (tertiary/aromatic N) is 2.